The average Bonchev–Trinajstić information content (AvgIpc) is 2.73. The first kappa shape index (κ1) is 15.3. The molecule has 0 atom stereocenters. The van der Waals surface area contributed by atoms with Crippen LogP contribution in [0.25, 0.3) is 5.65 Å². The van der Waals surface area contributed by atoms with Gasteiger partial charge in [0.05, 0.1) is 5.69 Å². The van der Waals surface area contributed by atoms with E-state index in [0.29, 0.717) is 11.5 Å². The summed E-state index contributed by atoms with van der Waals surface area (Å²) in [5.41, 5.74) is 10.2. The molecule has 0 aliphatic heterocycles. The van der Waals surface area contributed by atoms with Gasteiger partial charge in [-0.2, -0.15) is 0 Å². The molecule has 2 rings (SSSR count). The summed E-state index contributed by atoms with van der Waals surface area (Å²) in [6, 6.07) is 1.83. The number of aromatic nitrogens is 2. The van der Waals surface area contributed by atoms with Gasteiger partial charge in [0, 0.05) is 11.3 Å². The third-order valence-corrected chi connectivity index (χ3v) is 4.62. The van der Waals surface area contributed by atoms with Gasteiger partial charge in [-0.05, 0) is 53.0 Å². The summed E-state index contributed by atoms with van der Waals surface area (Å²) >= 11 is 2.34. The fraction of sp³-hybridized carbons (Fsp3) is 0.467. The van der Waals surface area contributed by atoms with Gasteiger partial charge in [0.25, 0.3) is 0 Å². The van der Waals surface area contributed by atoms with E-state index < -0.39 is 0 Å². The third-order valence-electron chi connectivity index (χ3n) is 3.59. The molecule has 1 amide bonds. The van der Waals surface area contributed by atoms with E-state index in [9.17, 15) is 4.79 Å². The van der Waals surface area contributed by atoms with Gasteiger partial charge in [-0.3, -0.25) is 9.20 Å². The Bertz CT molecular complexity index is 674. The van der Waals surface area contributed by atoms with Gasteiger partial charge < -0.3 is 5.73 Å². The van der Waals surface area contributed by atoms with Gasteiger partial charge in [0.1, 0.15) is 9.35 Å². The maximum Gasteiger partial charge on any atom is 0.249 e. The number of halogens is 1. The van der Waals surface area contributed by atoms with E-state index in [1.54, 1.807) is 0 Å². The molecule has 4 nitrogen and oxygen atoms in total. The van der Waals surface area contributed by atoms with Gasteiger partial charge in [0.15, 0.2) is 0 Å². The molecule has 0 aliphatic carbocycles. The molecule has 0 fully saturated rings. The number of fused-ring (bicyclic) bond motifs is 1. The van der Waals surface area contributed by atoms with Crippen LogP contribution in [0.1, 0.15) is 60.9 Å². The van der Waals surface area contributed by atoms with E-state index in [-0.39, 0.29) is 5.91 Å². The average molecular weight is 385 g/mol. The Balaban J connectivity index is 2.92. The number of primary amides is 1. The van der Waals surface area contributed by atoms with Crippen molar-refractivity contribution in [3.05, 3.63) is 32.3 Å². The highest BCUT2D eigenvalue weighted by Gasteiger charge is 2.20. The molecule has 0 unspecified atom stereocenters. The second-order valence-corrected chi connectivity index (χ2v) is 6.21. The molecular weight excluding hydrogens is 365 g/mol. The minimum absolute atomic E-state index is 0.355. The minimum atomic E-state index is -0.372. The number of carbonyl (C=O) groups is 1. The zero-order chi connectivity index (χ0) is 15.0. The first-order chi connectivity index (χ1) is 9.42. The first-order valence-corrected chi connectivity index (χ1v) is 8.02. The van der Waals surface area contributed by atoms with Crippen molar-refractivity contribution in [3.8, 4) is 0 Å². The number of carbonyl (C=O) groups excluding carboxylic acids is 1. The van der Waals surface area contributed by atoms with E-state index in [1.807, 2.05) is 6.07 Å². The zero-order valence-electron chi connectivity index (χ0n) is 12.3. The van der Waals surface area contributed by atoms with E-state index in [0.717, 1.165) is 39.1 Å². The van der Waals surface area contributed by atoms with Crippen LogP contribution in [0.3, 0.4) is 0 Å². The number of aryl methyl sites for hydroxylation is 1. The predicted molar refractivity (Wildman–Crippen MR) is 89.3 cm³/mol. The second-order valence-electron chi connectivity index (χ2n) is 5.19. The SMILES string of the molecule is CCc1c(C(N)=O)cc2nc(C(C)C)c(I)n2c1CC. The van der Waals surface area contributed by atoms with Crippen LogP contribution < -0.4 is 5.73 Å². The lowest BCUT2D eigenvalue weighted by Crippen LogP contribution is -2.17. The number of pyridine rings is 1. The van der Waals surface area contributed by atoms with Crippen molar-refractivity contribution in [2.45, 2.75) is 46.5 Å². The summed E-state index contributed by atoms with van der Waals surface area (Å²) in [6.07, 6.45) is 1.65. The van der Waals surface area contributed by atoms with Crippen molar-refractivity contribution in [2.24, 2.45) is 5.73 Å². The molecule has 5 heteroatoms. The number of imidazole rings is 1. The Hall–Kier alpha value is -1.11. The van der Waals surface area contributed by atoms with Crippen molar-refractivity contribution >= 4 is 34.1 Å². The molecule has 0 spiro atoms. The van der Waals surface area contributed by atoms with Crippen LogP contribution in [0.5, 0.6) is 0 Å². The standard InChI is InChI=1S/C15H20IN3O/c1-5-9-10(15(17)20)7-12-18-13(8(3)4)14(16)19(12)11(9)6-2/h7-8H,5-6H2,1-4H3,(H2,17,20). The van der Waals surface area contributed by atoms with Crippen molar-refractivity contribution in [1.82, 2.24) is 9.38 Å². The summed E-state index contributed by atoms with van der Waals surface area (Å²) in [5, 5.41) is 0. The summed E-state index contributed by atoms with van der Waals surface area (Å²) < 4.78 is 3.30. The van der Waals surface area contributed by atoms with Gasteiger partial charge in [0.2, 0.25) is 5.91 Å². The largest absolute Gasteiger partial charge is 0.366 e. The van der Waals surface area contributed by atoms with Gasteiger partial charge >= 0.3 is 0 Å². The Kier molecular flexibility index (Phi) is 4.36. The molecule has 0 radical (unpaired) electrons. The van der Waals surface area contributed by atoms with Crippen LogP contribution in [-0.4, -0.2) is 15.3 Å². The molecular formula is C15H20IN3O. The molecule has 0 saturated heterocycles. The third kappa shape index (κ3) is 2.32. The topological polar surface area (TPSA) is 60.4 Å². The van der Waals surface area contributed by atoms with Crippen LogP contribution in [0.4, 0.5) is 0 Å². The number of hydrogen-bond acceptors (Lipinski definition) is 2. The molecule has 0 aliphatic rings. The van der Waals surface area contributed by atoms with E-state index in [2.05, 4.69) is 59.7 Å². The highest BCUT2D eigenvalue weighted by molar-refractivity contribution is 14.1. The van der Waals surface area contributed by atoms with E-state index >= 15 is 0 Å². The fourth-order valence-electron chi connectivity index (χ4n) is 2.65. The van der Waals surface area contributed by atoms with Crippen LogP contribution in [-0.2, 0) is 12.8 Å². The fourth-order valence-corrected chi connectivity index (χ4v) is 3.93. The highest BCUT2D eigenvalue weighted by Crippen LogP contribution is 2.27. The van der Waals surface area contributed by atoms with Gasteiger partial charge in [-0.15, -0.1) is 0 Å². The number of amides is 1. The lowest BCUT2D eigenvalue weighted by atomic mass is 10.0. The predicted octanol–water partition coefficient (Wildman–Crippen LogP) is 3.29. The molecule has 0 saturated carbocycles. The Morgan fingerprint density at radius 3 is 2.50 bits per heavy atom. The Morgan fingerprint density at radius 1 is 1.40 bits per heavy atom. The van der Waals surface area contributed by atoms with Crippen LogP contribution in [0.15, 0.2) is 6.07 Å². The summed E-state index contributed by atoms with van der Waals surface area (Å²) in [7, 11) is 0. The van der Waals surface area contributed by atoms with Crippen LogP contribution in [0, 0.1) is 3.70 Å². The summed E-state index contributed by atoms with van der Waals surface area (Å²) in [6.45, 7) is 8.42. The van der Waals surface area contributed by atoms with E-state index in [4.69, 9.17) is 5.73 Å². The highest BCUT2D eigenvalue weighted by atomic mass is 127. The van der Waals surface area contributed by atoms with Crippen molar-refractivity contribution in [2.75, 3.05) is 0 Å². The Morgan fingerprint density at radius 2 is 2.05 bits per heavy atom. The lowest BCUT2D eigenvalue weighted by Gasteiger charge is -2.14. The summed E-state index contributed by atoms with van der Waals surface area (Å²) in [5.74, 6) is -0.0169. The molecule has 2 N–H and O–H groups in total. The molecule has 108 valence electrons. The molecule has 0 bridgehead atoms. The van der Waals surface area contributed by atoms with Crippen LogP contribution in [0.2, 0.25) is 0 Å². The van der Waals surface area contributed by atoms with Crippen LogP contribution >= 0.6 is 22.6 Å². The maximum absolute atomic E-state index is 11.7. The van der Waals surface area contributed by atoms with Gasteiger partial charge in [-0.25, -0.2) is 4.98 Å². The molecule has 2 heterocycles. The summed E-state index contributed by atoms with van der Waals surface area (Å²) in [4.78, 5) is 16.4. The first-order valence-electron chi connectivity index (χ1n) is 6.94. The quantitative estimate of drug-likeness (QED) is 0.822. The lowest BCUT2D eigenvalue weighted by molar-refractivity contribution is 0.0999. The number of nitrogens with zero attached hydrogens (tertiary/aromatic N) is 2. The monoisotopic (exact) mass is 385 g/mol. The van der Waals surface area contributed by atoms with Crippen molar-refractivity contribution in [3.63, 3.8) is 0 Å². The molecule has 0 aromatic carbocycles. The molecule has 2 aromatic rings. The number of hydrogen-bond donors (Lipinski definition) is 1. The number of rotatable bonds is 4. The van der Waals surface area contributed by atoms with Crippen molar-refractivity contribution in [1.29, 1.82) is 0 Å². The minimum Gasteiger partial charge on any atom is -0.366 e. The second kappa shape index (κ2) is 5.71. The molecule has 2 aromatic heterocycles. The van der Waals surface area contributed by atoms with Crippen molar-refractivity contribution < 1.29 is 4.79 Å². The number of nitrogens with two attached hydrogens (primary N) is 1. The zero-order valence-corrected chi connectivity index (χ0v) is 14.5. The Labute approximate surface area is 132 Å². The van der Waals surface area contributed by atoms with E-state index in [1.165, 1.54) is 0 Å². The smallest absolute Gasteiger partial charge is 0.249 e. The maximum atomic E-state index is 11.7. The molecule has 20 heavy (non-hydrogen) atoms. The normalized spacial score (nSPS) is 11.5. The van der Waals surface area contributed by atoms with Gasteiger partial charge in [-0.1, -0.05) is 27.7 Å².